The van der Waals surface area contributed by atoms with E-state index in [1.165, 1.54) is 35.3 Å². The summed E-state index contributed by atoms with van der Waals surface area (Å²) in [6.45, 7) is -2.89. The molecule has 7 nitrogen and oxygen atoms in total. The van der Waals surface area contributed by atoms with Gasteiger partial charge in [0.15, 0.2) is 0 Å². The lowest BCUT2D eigenvalue weighted by Gasteiger charge is -2.10. The van der Waals surface area contributed by atoms with Crippen LogP contribution in [0.5, 0.6) is 5.75 Å². The first kappa shape index (κ1) is 15.5. The van der Waals surface area contributed by atoms with E-state index in [0.29, 0.717) is 16.9 Å². The first-order valence-corrected chi connectivity index (χ1v) is 6.82. The fourth-order valence-corrected chi connectivity index (χ4v) is 2.06. The van der Waals surface area contributed by atoms with Gasteiger partial charge in [0.1, 0.15) is 12.1 Å². The first-order chi connectivity index (χ1) is 11.6. The molecule has 3 rings (SSSR count). The van der Waals surface area contributed by atoms with Gasteiger partial charge in [-0.15, -0.1) is 5.10 Å². The molecule has 9 heteroatoms. The van der Waals surface area contributed by atoms with E-state index in [1.54, 1.807) is 24.3 Å². The van der Waals surface area contributed by atoms with Crippen LogP contribution in [-0.2, 0) is 0 Å². The molecule has 0 atom stereocenters. The number of amides is 1. The average Bonchev–Trinajstić information content (AvgIpc) is 3.10. The van der Waals surface area contributed by atoms with E-state index in [-0.39, 0.29) is 11.7 Å². The number of rotatable bonds is 5. The number of tetrazole rings is 1. The van der Waals surface area contributed by atoms with Crippen molar-refractivity contribution in [3.63, 3.8) is 0 Å². The van der Waals surface area contributed by atoms with Crippen LogP contribution < -0.4 is 10.1 Å². The van der Waals surface area contributed by atoms with E-state index in [4.69, 9.17) is 0 Å². The van der Waals surface area contributed by atoms with Crippen LogP contribution in [0.3, 0.4) is 0 Å². The fourth-order valence-electron chi connectivity index (χ4n) is 2.06. The van der Waals surface area contributed by atoms with E-state index in [1.807, 2.05) is 0 Å². The fraction of sp³-hybridized carbons (Fsp3) is 0.0667. The van der Waals surface area contributed by atoms with Gasteiger partial charge in [-0.05, 0) is 46.8 Å². The maximum atomic E-state index is 12.4. The molecule has 1 N–H and O–H groups in total. The number of benzene rings is 2. The van der Waals surface area contributed by atoms with Gasteiger partial charge in [-0.1, -0.05) is 12.1 Å². The topological polar surface area (TPSA) is 81.9 Å². The summed E-state index contributed by atoms with van der Waals surface area (Å²) in [4.78, 5) is 12.4. The van der Waals surface area contributed by atoms with E-state index in [9.17, 15) is 13.6 Å². The number of hydrogen-bond donors (Lipinski definition) is 1. The monoisotopic (exact) mass is 331 g/mol. The number of ether oxygens (including phenoxy) is 1. The lowest BCUT2D eigenvalue weighted by molar-refractivity contribution is -0.0498. The predicted octanol–water partition coefficient (Wildman–Crippen LogP) is 2.52. The third kappa shape index (κ3) is 3.51. The molecule has 0 spiro atoms. The average molecular weight is 331 g/mol. The highest BCUT2D eigenvalue weighted by Crippen LogP contribution is 2.19. The van der Waals surface area contributed by atoms with E-state index in [0.717, 1.165) is 0 Å². The largest absolute Gasteiger partial charge is 0.435 e. The number of aromatic nitrogens is 4. The van der Waals surface area contributed by atoms with E-state index in [2.05, 4.69) is 25.6 Å². The zero-order valence-corrected chi connectivity index (χ0v) is 12.1. The minimum Gasteiger partial charge on any atom is -0.435 e. The molecule has 0 radical (unpaired) electrons. The molecular weight excluding hydrogens is 320 g/mol. The molecule has 24 heavy (non-hydrogen) atoms. The number of nitrogens with one attached hydrogen (secondary N) is 1. The van der Waals surface area contributed by atoms with Gasteiger partial charge >= 0.3 is 6.61 Å². The molecule has 0 saturated heterocycles. The van der Waals surface area contributed by atoms with Crippen molar-refractivity contribution >= 4 is 11.6 Å². The zero-order valence-electron chi connectivity index (χ0n) is 12.1. The number of para-hydroxylation sites is 1. The number of nitrogens with zero attached hydrogens (tertiary/aromatic N) is 4. The van der Waals surface area contributed by atoms with Gasteiger partial charge in [-0.25, -0.2) is 0 Å². The normalized spacial score (nSPS) is 10.6. The Balaban J connectivity index is 1.78. The third-order valence-corrected chi connectivity index (χ3v) is 3.08. The van der Waals surface area contributed by atoms with Crippen LogP contribution in [0.15, 0.2) is 54.9 Å². The van der Waals surface area contributed by atoms with Crippen molar-refractivity contribution in [1.82, 2.24) is 20.2 Å². The summed E-state index contributed by atoms with van der Waals surface area (Å²) in [5.41, 5.74) is 1.31. The maximum Gasteiger partial charge on any atom is 0.387 e. The smallest absolute Gasteiger partial charge is 0.387 e. The van der Waals surface area contributed by atoms with Crippen molar-refractivity contribution in [2.24, 2.45) is 0 Å². The van der Waals surface area contributed by atoms with Crippen molar-refractivity contribution in [1.29, 1.82) is 0 Å². The highest BCUT2D eigenvalue weighted by molar-refractivity contribution is 6.06. The Hall–Kier alpha value is -3.36. The summed E-state index contributed by atoms with van der Waals surface area (Å²) in [5.74, 6) is -0.374. The minimum absolute atomic E-state index is 0.0112. The number of carbonyl (C=O) groups excluding carboxylic acids is 1. The Labute approximate surface area is 134 Å². The number of anilines is 1. The summed E-state index contributed by atoms with van der Waals surface area (Å²) >= 11 is 0. The molecule has 0 aliphatic heterocycles. The number of halogens is 2. The number of alkyl halides is 2. The van der Waals surface area contributed by atoms with Crippen molar-refractivity contribution in [3.8, 4) is 11.4 Å². The van der Waals surface area contributed by atoms with Crippen molar-refractivity contribution in [2.75, 3.05) is 5.32 Å². The molecule has 3 aromatic rings. The molecule has 1 heterocycles. The van der Waals surface area contributed by atoms with Crippen LogP contribution in [0.1, 0.15) is 10.4 Å². The van der Waals surface area contributed by atoms with Crippen LogP contribution in [0.4, 0.5) is 14.5 Å². The Bertz CT molecular complexity index is 822. The van der Waals surface area contributed by atoms with Gasteiger partial charge in [-0.3, -0.25) is 4.79 Å². The van der Waals surface area contributed by atoms with Gasteiger partial charge in [0.05, 0.1) is 11.3 Å². The molecule has 0 aliphatic rings. The van der Waals surface area contributed by atoms with Gasteiger partial charge in [0.25, 0.3) is 5.91 Å². The molecule has 2 aromatic carbocycles. The second-order valence-corrected chi connectivity index (χ2v) is 4.63. The quantitative estimate of drug-likeness (QED) is 0.777. The van der Waals surface area contributed by atoms with Gasteiger partial charge in [0.2, 0.25) is 0 Å². The molecule has 0 saturated carbocycles. The molecule has 1 amide bonds. The Morgan fingerprint density at radius 3 is 2.54 bits per heavy atom. The molecule has 0 unspecified atom stereocenters. The van der Waals surface area contributed by atoms with E-state index >= 15 is 0 Å². The van der Waals surface area contributed by atoms with Crippen LogP contribution in [-0.4, -0.2) is 32.7 Å². The number of carbonyl (C=O) groups is 1. The van der Waals surface area contributed by atoms with Crippen LogP contribution in [0.2, 0.25) is 0 Å². The highest BCUT2D eigenvalue weighted by atomic mass is 19.3. The second kappa shape index (κ2) is 6.82. The lowest BCUT2D eigenvalue weighted by Crippen LogP contribution is -2.15. The van der Waals surface area contributed by atoms with Crippen molar-refractivity contribution in [2.45, 2.75) is 6.61 Å². The van der Waals surface area contributed by atoms with E-state index < -0.39 is 6.61 Å². The van der Waals surface area contributed by atoms with Crippen molar-refractivity contribution < 1.29 is 18.3 Å². The van der Waals surface area contributed by atoms with Crippen LogP contribution >= 0.6 is 0 Å². The maximum absolute atomic E-state index is 12.4. The molecule has 122 valence electrons. The van der Waals surface area contributed by atoms with Crippen LogP contribution in [0, 0.1) is 0 Å². The molecule has 0 fully saturated rings. The van der Waals surface area contributed by atoms with Gasteiger partial charge < -0.3 is 10.1 Å². The SMILES string of the molecule is O=C(Nc1ccc(OC(F)F)cc1)c1ccccc1-n1cnnn1. The first-order valence-electron chi connectivity index (χ1n) is 6.82. The zero-order chi connectivity index (χ0) is 16.9. The van der Waals surface area contributed by atoms with Gasteiger partial charge in [-0.2, -0.15) is 13.5 Å². The summed E-state index contributed by atoms with van der Waals surface area (Å²) in [6.07, 6.45) is 1.38. The lowest BCUT2D eigenvalue weighted by atomic mass is 10.1. The Kier molecular flexibility index (Phi) is 4.41. The summed E-state index contributed by atoms with van der Waals surface area (Å²) < 4.78 is 29.9. The third-order valence-electron chi connectivity index (χ3n) is 3.08. The summed E-state index contributed by atoms with van der Waals surface area (Å²) in [5, 5.41) is 13.5. The second-order valence-electron chi connectivity index (χ2n) is 4.63. The molecule has 1 aromatic heterocycles. The molecule has 0 aliphatic carbocycles. The Morgan fingerprint density at radius 2 is 1.88 bits per heavy atom. The standard InChI is InChI=1S/C15H11F2N5O2/c16-15(17)24-11-7-5-10(6-8-11)19-14(23)12-3-1-2-4-13(12)22-9-18-20-21-22/h1-9,15H,(H,19,23). The van der Waals surface area contributed by atoms with Gasteiger partial charge in [0, 0.05) is 5.69 Å². The van der Waals surface area contributed by atoms with Crippen molar-refractivity contribution in [3.05, 3.63) is 60.4 Å². The van der Waals surface area contributed by atoms with Crippen LogP contribution in [0.25, 0.3) is 5.69 Å². The summed E-state index contributed by atoms with van der Waals surface area (Å²) in [6, 6.07) is 12.4. The number of hydrogen-bond acceptors (Lipinski definition) is 5. The minimum atomic E-state index is -2.89. The predicted molar refractivity (Wildman–Crippen MR) is 80.2 cm³/mol. The highest BCUT2D eigenvalue weighted by Gasteiger charge is 2.13. The Morgan fingerprint density at radius 1 is 1.12 bits per heavy atom. The molecule has 0 bridgehead atoms. The summed E-state index contributed by atoms with van der Waals surface area (Å²) in [7, 11) is 0. The molecular formula is C15H11F2N5O2.